The molecule has 6 nitrogen and oxygen atoms in total. The lowest BCUT2D eigenvalue weighted by molar-refractivity contribution is -0.141. The maximum absolute atomic E-state index is 11.8. The van der Waals surface area contributed by atoms with Crippen LogP contribution >= 0.6 is 0 Å². The van der Waals surface area contributed by atoms with Gasteiger partial charge in [0.05, 0.1) is 11.5 Å². The van der Waals surface area contributed by atoms with Crippen molar-refractivity contribution in [3.05, 3.63) is 23.4 Å². The lowest BCUT2D eigenvalue weighted by Crippen LogP contribution is -2.27. The van der Waals surface area contributed by atoms with Crippen molar-refractivity contribution in [3.8, 4) is 6.07 Å². The lowest BCUT2D eigenvalue weighted by Gasteiger charge is -2.17. The molecule has 0 aromatic carbocycles. The molecule has 0 saturated carbocycles. The number of carboxylic acid groups (broad SMARTS) is 1. The first kappa shape index (κ1) is 12.0. The van der Waals surface area contributed by atoms with Crippen LogP contribution in [0.1, 0.15) is 17.5 Å². The molecule has 6 heteroatoms. The van der Waals surface area contributed by atoms with Gasteiger partial charge in [-0.3, -0.25) is 14.5 Å². The van der Waals surface area contributed by atoms with Crippen molar-refractivity contribution in [2.45, 2.75) is 13.3 Å². The van der Waals surface area contributed by atoms with E-state index in [9.17, 15) is 9.59 Å². The Hall–Kier alpha value is -2.42. The van der Waals surface area contributed by atoms with Crippen LogP contribution in [0, 0.1) is 24.2 Å². The van der Waals surface area contributed by atoms with Crippen molar-refractivity contribution in [2.75, 3.05) is 11.4 Å². The smallest absolute Gasteiger partial charge is 0.308 e. The van der Waals surface area contributed by atoms with Crippen LogP contribution in [0.3, 0.4) is 0 Å². The molecule has 1 atom stereocenters. The molecule has 1 unspecified atom stereocenters. The van der Waals surface area contributed by atoms with E-state index >= 15 is 0 Å². The van der Waals surface area contributed by atoms with Gasteiger partial charge in [-0.1, -0.05) is 0 Å². The molecule has 2 heterocycles. The maximum atomic E-state index is 11.8. The van der Waals surface area contributed by atoms with E-state index in [-0.39, 0.29) is 18.9 Å². The molecule has 1 aliphatic rings. The molecule has 92 valence electrons. The van der Waals surface area contributed by atoms with Gasteiger partial charge >= 0.3 is 5.97 Å². The second-order valence-electron chi connectivity index (χ2n) is 4.22. The number of aryl methyl sites for hydroxylation is 1. The third-order valence-corrected chi connectivity index (χ3v) is 2.91. The summed E-state index contributed by atoms with van der Waals surface area (Å²) in [5.41, 5.74) is 1.10. The highest BCUT2D eigenvalue weighted by Crippen LogP contribution is 2.26. The van der Waals surface area contributed by atoms with Gasteiger partial charge in [0.2, 0.25) is 5.91 Å². The summed E-state index contributed by atoms with van der Waals surface area (Å²) in [4.78, 5) is 28.1. The highest BCUT2D eigenvalue weighted by Gasteiger charge is 2.36. The fourth-order valence-corrected chi connectivity index (χ4v) is 1.99. The molecule has 0 bridgehead atoms. The summed E-state index contributed by atoms with van der Waals surface area (Å²) in [6, 6.07) is 3.59. The summed E-state index contributed by atoms with van der Waals surface area (Å²) < 4.78 is 0. The van der Waals surface area contributed by atoms with E-state index in [1.54, 1.807) is 13.0 Å². The summed E-state index contributed by atoms with van der Waals surface area (Å²) in [5, 5.41) is 17.6. The Bertz CT molecular complexity index is 562. The van der Waals surface area contributed by atoms with E-state index in [0.717, 1.165) is 0 Å². The van der Waals surface area contributed by atoms with E-state index in [2.05, 4.69) is 4.98 Å². The van der Waals surface area contributed by atoms with E-state index in [0.29, 0.717) is 16.9 Å². The van der Waals surface area contributed by atoms with E-state index in [1.165, 1.54) is 11.1 Å². The van der Waals surface area contributed by atoms with Crippen molar-refractivity contribution >= 4 is 17.7 Å². The number of aliphatic carboxylic acids is 1. The predicted octanol–water partition coefficient (Wildman–Crippen LogP) is 0.699. The number of rotatable bonds is 2. The van der Waals surface area contributed by atoms with Crippen LogP contribution in [0.25, 0.3) is 0 Å². The molecule has 0 spiro atoms. The number of carbonyl (C=O) groups is 2. The van der Waals surface area contributed by atoms with Crippen LogP contribution in [0.5, 0.6) is 0 Å². The van der Waals surface area contributed by atoms with Gasteiger partial charge in [-0.2, -0.15) is 5.26 Å². The number of carboxylic acids is 1. The van der Waals surface area contributed by atoms with Crippen molar-refractivity contribution in [1.82, 2.24) is 4.98 Å². The van der Waals surface area contributed by atoms with Gasteiger partial charge in [-0.25, -0.2) is 4.98 Å². The molecule has 1 fully saturated rings. The number of aromatic nitrogens is 1. The topological polar surface area (TPSA) is 94.3 Å². The van der Waals surface area contributed by atoms with Gasteiger partial charge in [0.1, 0.15) is 11.9 Å². The third kappa shape index (κ3) is 2.02. The number of anilines is 1. The zero-order chi connectivity index (χ0) is 13.3. The molecule has 18 heavy (non-hydrogen) atoms. The highest BCUT2D eigenvalue weighted by atomic mass is 16.4. The van der Waals surface area contributed by atoms with Crippen molar-refractivity contribution < 1.29 is 14.7 Å². The number of nitriles is 1. The molecule has 1 amide bonds. The number of carbonyl (C=O) groups excluding carboxylic acids is 1. The van der Waals surface area contributed by atoms with Crippen LogP contribution in [0.15, 0.2) is 12.3 Å². The number of hydrogen-bond acceptors (Lipinski definition) is 4. The number of pyridine rings is 1. The molecule has 1 N–H and O–H groups in total. The Morgan fingerprint density at radius 2 is 2.39 bits per heavy atom. The van der Waals surface area contributed by atoms with E-state index in [1.807, 2.05) is 6.07 Å². The Kier molecular flexibility index (Phi) is 2.98. The molecule has 2 rings (SSSR count). The van der Waals surface area contributed by atoms with Gasteiger partial charge in [0.25, 0.3) is 0 Å². The van der Waals surface area contributed by atoms with Crippen LogP contribution < -0.4 is 4.90 Å². The van der Waals surface area contributed by atoms with Gasteiger partial charge in [0.15, 0.2) is 0 Å². The SMILES string of the molecule is Cc1cc(C#N)cnc1N1CC(C(=O)O)CC1=O. The quantitative estimate of drug-likeness (QED) is 0.827. The lowest BCUT2D eigenvalue weighted by atomic mass is 10.1. The highest BCUT2D eigenvalue weighted by molar-refractivity contribution is 5.98. The van der Waals surface area contributed by atoms with Crippen molar-refractivity contribution in [2.24, 2.45) is 5.92 Å². The standard InChI is InChI=1S/C12H11N3O3/c1-7-2-8(4-13)5-14-11(7)15-6-9(12(17)18)3-10(15)16/h2,5,9H,3,6H2,1H3,(H,17,18). The molecule has 1 aromatic rings. The van der Waals surface area contributed by atoms with Gasteiger partial charge in [-0.15, -0.1) is 0 Å². The minimum absolute atomic E-state index is 0.00352. The van der Waals surface area contributed by atoms with Crippen LogP contribution in [0.4, 0.5) is 5.82 Å². The minimum Gasteiger partial charge on any atom is -0.481 e. The van der Waals surface area contributed by atoms with Crippen LogP contribution in [-0.2, 0) is 9.59 Å². The summed E-state index contributed by atoms with van der Waals surface area (Å²) in [6.07, 6.45) is 1.38. The van der Waals surface area contributed by atoms with E-state index in [4.69, 9.17) is 10.4 Å². The second-order valence-corrected chi connectivity index (χ2v) is 4.22. The first-order valence-electron chi connectivity index (χ1n) is 5.43. The molecule has 1 aliphatic heterocycles. The Labute approximate surface area is 103 Å². The normalized spacial score (nSPS) is 18.8. The zero-order valence-corrected chi connectivity index (χ0v) is 9.75. The molecule has 1 saturated heterocycles. The second kappa shape index (κ2) is 4.45. The minimum atomic E-state index is -0.975. The molecular formula is C12H11N3O3. The zero-order valence-electron chi connectivity index (χ0n) is 9.75. The fraction of sp³-hybridized carbons (Fsp3) is 0.333. The van der Waals surface area contributed by atoms with Crippen LogP contribution in [-0.4, -0.2) is 28.5 Å². The Morgan fingerprint density at radius 1 is 1.67 bits per heavy atom. The molecule has 0 aliphatic carbocycles. The summed E-state index contributed by atoms with van der Waals surface area (Å²) >= 11 is 0. The average Bonchev–Trinajstić information content (AvgIpc) is 2.71. The monoisotopic (exact) mass is 245 g/mol. The summed E-state index contributed by atoms with van der Waals surface area (Å²) in [5.74, 6) is -1.48. The first-order chi connectivity index (χ1) is 8.52. The number of amides is 1. The van der Waals surface area contributed by atoms with Gasteiger partial charge in [-0.05, 0) is 18.6 Å². The molecular weight excluding hydrogens is 234 g/mol. The maximum Gasteiger partial charge on any atom is 0.308 e. The Morgan fingerprint density at radius 3 is 2.89 bits per heavy atom. The fourth-order valence-electron chi connectivity index (χ4n) is 1.99. The first-order valence-corrected chi connectivity index (χ1v) is 5.43. The van der Waals surface area contributed by atoms with Gasteiger partial charge in [0, 0.05) is 19.2 Å². The number of hydrogen-bond donors (Lipinski definition) is 1. The largest absolute Gasteiger partial charge is 0.481 e. The summed E-state index contributed by atoms with van der Waals surface area (Å²) in [6.45, 7) is 1.87. The third-order valence-electron chi connectivity index (χ3n) is 2.91. The van der Waals surface area contributed by atoms with Crippen molar-refractivity contribution in [1.29, 1.82) is 5.26 Å². The predicted molar refractivity (Wildman–Crippen MR) is 61.8 cm³/mol. The van der Waals surface area contributed by atoms with Crippen LogP contribution in [0.2, 0.25) is 0 Å². The van der Waals surface area contributed by atoms with Crippen molar-refractivity contribution in [3.63, 3.8) is 0 Å². The Balaban J connectivity index is 2.30. The van der Waals surface area contributed by atoms with Gasteiger partial charge < -0.3 is 5.11 Å². The van der Waals surface area contributed by atoms with E-state index < -0.39 is 11.9 Å². The average molecular weight is 245 g/mol. The summed E-state index contributed by atoms with van der Waals surface area (Å²) in [7, 11) is 0. The number of nitrogens with zero attached hydrogens (tertiary/aromatic N) is 3. The molecule has 0 radical (unpaired) electrons. The molecule has 1 aromatic heterocycles.